The standard InChI is InChI=1S/C19H17ClN4O2/c20-16-6-4-5-15(9-16)19(26)22-12-18(25)21-10-14-11-23-24(13-14)17-7-2-1-3-8-17/h1-9,11,13H,10,12H2,(H,21,25)(H,22,26). The van der Waals surface area contributed by atoms with E-state index in [2.05, 4.69) is 15.7 Å². The SMILES string of the molecule is O=C(CNC(=O)c1cccc(Cl)c1)NCc1cnn(-c2ccccc2)c1. The Morgan fingerprint density at radius 3 is 2.62 bits per heavy atom. The minimum absolute atomic E-state index is 0.113. The van der Waals surface area contributed by atoms with Gasteiger partial charge in [-0.2, -0.15) is 5.10 Å². The quantitative estimate of drug-likeness (QED) is 0.702. The van der Waals surface area contributed by atoms with Gasteiger partial charge in [-0.1, -0.05) is 35.9 Å². The van der Waals surface area contributed by atoms with E-state index in [1.807, 2.05) is 36.5 Å². The summed E-state index contributed by atoms with van der Waals surface area (Å²) >= 11 is 5.85. The number of carbonyl (C=O) groups is 2. The zero-order valence-corrected chi connectivity index (χ0v) is 14.6. The molecule has 0 aliphatic carbocycles. The Hall–Kier alpha value is -3.12. The first-order valence-corrected chi connectivity index (χ1v) is 8.39. The maximum atomic E-state index is 12.0. The molecule has 0 fully saturated rings. The highest BCUT2D eigenvalue weighted by molar-refractivity contribution is 6.30. The van der Waals surface area contributed by atoms with Gasteiger partial charge < -0.3 is 10.6 Å². The molecule has 132 valence electrons. The van der Waals surface area contributed by atoms with Crippen LogP contribution < -0.4 is 10.6 Å². The van der Waals surface area contributed by atoms with Crippen LogP contribution in [0.15, 0.2) is 67.0 Å². The van der Waals surface area contributed by atoms with Crippen LogP contribution in [0.2, 0.25) is 5.02 Å². The Labute approximate surface area is 155 Å². The normalized spacial score (nSPS) is 10.3. The number of aromatic nitrogens is 2. The summed E-state index contributed by atoms with van der Waals surface area (Å²) in [7, 11) is 0. The van der Waals surface area contributed by atoms with Crippen LogP contribution in [0.4, 0.5) is 0 Å². The lowest BCUT2D eigenvalue weighted by atomic mass is 10.2. The Morgan fingerprint density at radius 1 is 1.04 bits per heavy atom. The first kappa shape index (κ1) is 17.7. The Balaban J connectivity index is 1.47. The number of nitrogens with zero attached hydrogens (tertiary/aromatic N) is 2. The Morgan fingerprint density at radius 2 is 1.85 bits per heavy atom. The van der Waals surface area contributed by atoms with Crippen molar-refractivity contribution in [1.29, 1.82) is 0 Å². The van der Waals surface area contributed by atoms with Crippen molar-refractivity contribution < 1.29 is 9.59 Å². The second-order valence-electron chi connectivity index (χ2n) is 5.60. The largest absolute Gasteiger partial charge is 0.350 e. The van der Waals surface area contributed by atoms with Gasteiger partial charge in [0.25, 0.3) is 5.91 Å². The van der Waals surface area contributed by atoms with Crippen molar-refractivity contribution in [1.82, 2.24) is 20.4 Å². The molecule has 1 heterocycles. The zero-order valence-electron chi connectivity index (χ0n) is 13.9. The first-order valence-electron chi connectivity index (χ1n) is 8.01. The summed E-state index contributed by atoms with van der Waals surface area (Å²) in [4.78, 5) is 23.9. The highest BCUT2D eigenvalue weighted by Gasteiger charge is 2.09. The molecule has 0 aliphatic rings. The number of hydrogen-bond donors (Lipinski definition) is 2. The predicted molar refractivity (Wildman–Crippen MR) is 99.2 cm³/mol. The molecule has 0 radical (unpaired) electrons. The number of amides is 2. The van der Waals surface area contributed by atoms with Gasteiger partial charge in [-0.25, -0.2) is 4.68 Å². The third-order valence-corrected chi connectivity index (χ3v) is 3.88. The smallest absolute Gasteiger partial charge is 0.251 e. The number of nitrogens with one attached hydrogen (secondary N) is 2. The molecule has 0 spiro atoms. The van der Waals surface area contributed by atoms with Crippen molar-refractivity contribution in [3.63, 3.8) is 0 Å². The maximum Gasteiger partial charge on any atom is 0.251 e. The monoisotopic (exact) mass is 368 g/mol. The molecular weight excluding hydrogens is 352 g/mol. The first-order chi connectivity index (χ1) is 12.6. The third kappa shape index (κ3) is 4.70. The lowest BCUT2D eigenvalue weighted by molar-refractivity contribution is -0.120. The predicted octanol–water partition coefficient (Wildman–Crippen LogP) is 2.57. The van der Waals surface area contributed by atoms with Gasteiger partial charge in [0.05, 0.1) is 18.4 Å². The van der Waals surface area contributed by atoms with E-state index in [1.54, 1.807) is 35.1 Å². The van der Waals surface area contributed by atoms with Crippen molar-refractivity contribution in [2.75, 3.05) is 6.54 Å². The summed E-state index contributed by atoms with van der Waals surface area (Å²) < 4.78 is 1.74. The van der Waals surface area contributed by atoms with E-state index in [1.165, 1.54) is 0 Å². The molecule has 2 N–H and O–H groups in total. The molecule has 1 aromatic heterocycles. The van der Waals surface area contributed by atoms with E-state index >= 15 is 0 Å². The third-order valence-electron chi connectivity index (χ3n) is 3.64. The van der Waals surface area contributed by atoms with E-state index in [0.29, 0.717) is 17.1 Å². The number of halogens is 1. The van der Waals surface area contributed by atoms with Crippen molar-refractivity contribution in [3.8, 4) is 5.69 Å². The summed E-state index contributed by atoms with van der Waals surface area (Å²) in [5.41, 5.74) is 2.22. The van der Waals surface area contributed by atoms with E-state index in [0.717, 1.165) is 11.3 Å². The van der Waals surface area contributed by atoms with Crippen molar-refractivity contribution >= 4 is 23.4 Å². The molecule has 2 amide bonds. The number of carbonyl (C=O) groups excluding carboxylic acids is 2. The van der Waals surface area contributed by atoms with E-state index < -0.39 is 0 Å². The van der Waals surface area contributed by atoms with Gasteiger partial charge in [0.15, 0.2) is 0 Å². The summed E-state index contributed by atoms with van der Waals surface area (Å²) in [6.45, 7) is 0.219. The van der Waals surface area contributed by atoms with Crippen LogP contribution in [-0.4, -0.2) is 28.1 Å². The summed E-state index contributed by atoms with van der Waals surface area (Å²) in [6.07, 6.45) is 3.54. The molecule has 2 aromatic carbocycles. The van der Waals surface area contributed by atoms with Crippen LogP contribution in [0.25, 0.3) is 5.69 Å². The highest BCUT2D eigenvalue weighted by Crippen LogP contribution is 2.10. The number of rotatable bonds is 6. The lowest BCUT2D eigenvalue weighted by Gasteiger charge is -2.06. The van der Waals surface area contributed by atoms with Crippen molar-refractivity contribution in [2.45, 2.75) is 6.54 Å². The fraction of sp³-hybridized carbons (Fsp3) is 0.105. The van der Waals surface area contributed by atoms with Gasteiger partial charge >= 0.3 is 0 Å². The highest BCUT2D eigenvalue weighted by atomic mass is 35.5. The van der Waals surface area contributed by atoms with E-state index in [-0.39, 0.29) is 18.4 Å². The van der Waals surface area contributed by atoms with Crippen LogP contribution in [0.1, 0.15) is 15.9 Å². The van der Waals surface area contributed by atoms with Gasteiger partial charge in [0, 0.05) is 28.9 Å². The summed E-state index contributed by atoms with van der Waals surface area (Å²) in [5.74, 6) is -0.632. The maximum absolute atomic E-state index is 12.0. The molecule has 26 heavy (non-hydrogen) atoms. The molecule has 0 atom stereocenters. The lowest BCUT2D eigenvalue weighted by Crippen LogP contribution is -2.36. The van der Waals surface area contributed by atoms with Gasteiger partial charge in [-0.05, 0) is 30.3 Å². The minimum atomic E-state index is -0.348. The molecule has 6 nitrogen and oxygen atoms in total. The Bertz CT molecular complexity index is 909. The van der Waals surface area contributed by atoms with Crippen molar-refractivity contribution in [3.05, 3.63) is 83.1 Å². The fourth-order valence-corrected chi connectivity index (χ4v) is 2.52. The van der Waals surface area contributed by atoms with Gasteiger partial charge in [-0.15, -0.1) is 0 Å². The molecular formula is C19H17ClN4O2. The number of benzene rings is 2. The van der Waals surface area contributed by atoms with Crippen LogP contribution in [0, 0.1) is 0 Å². The number of hydrogen-bond acceptors (Lipinski definition) is 3. The van der Waals surface area contributed by atoms with Gasteiger partial charge in [-0.3, -0.25) is 9.59 Å². The van der Waals surface area contributed by atoms with Gasteiger partial charge in [0.1, 0.15) is 0 Å². The molecule has 0 unspecified atom stereocenters. The zero-order chi connectivity index (χ0) is 18.4. The van der Waals surface area contributed by atoms with Crippen LogP contribution >= 0.6 is 11.6 Å². The second kappa shape index (κ2) is 8.31. The fourth-order valence-electron chi connectivity index (χ4n) is 2.33. The van der Waals surface area contributed by atoms with E-state index in [9.17, 15) is 9.59 Å². The molecule has 3 aromatic rings. The molecule has 0 saturated carbocycles. The second-order valence-corrected chi connectivity index (χ2v) is 6.03. The average Bonchev–Trinajstić information content (AvgIpc) is 3.14. The molecule has 0 bridgehead atoms. The topological polar surface area (TPSA) is 76.0 Å². The molecule has 7 heteroatoms. The van der Waals surface area contributed by atoms with Crippen LogP contribution in [0.5, 0.6) is 0 Å². The van der Waals surface area contributed by atoms with Crippen LogP contribution in [-0.2, 0) is 11.3 Å². The van der Waals surface area contributed by atoms with E-state index in [4.69, 9.17) is 11.6 Å². The molecule has 0 aliphatic heterocycles. The van der Waals surface area contributed by atoms with Crippen molar-refractivity contribution in [2.24, 2.45) is 0 Å². The van der Waals surface area contributed by atoms with Crippen LogP contribution in [0.3, 0.4) is 0 Å². The minimum Gasteiger partial charge on any atom is -0.350 e. The molecule has 3 rings (SSSR count). The molecule has 0 saturated heterocycles. The Kier molecular flexibility index (Phi) is 5.66. The van der Waals surface area contributed by atoms with Gasteiger partial charge in [0.2, 0.25) is 5.91 Å². The number of para-hydroxylation sites is 1. The average molecular weight is 369 g/mol. The summed E-state index contributed by atoms with van der Waals surface area (Å²) in [5, 5.41) is 10.1. The summed E-state index contributed by atoms with van der Waals surface area (Å²) in [6, 6.07) is 16.2.